The van der Waals surface area contributed by atoms with Gasteiger partial charge in [-0.15, -0.1) is 0 Å². The predicted molar refractivity (Wildman–Crippen MR) is 109 cm³/mol. The van der Waals surface area contributed by atoms with Crippen molar-refractivity contribution >= 4 is 11.0 Å². The fourth-order valence-electron chi connectivity index (χ4n) is 3.57. The maximum Gasteiger partial charge on any atom is 0.239 e. The Labute approximate surface area is 184 Å². The van der Waals surface area contributed by atoms with Crippen molar-refractivity contribution in [2.24, 2.45) is 0 Å². The second kappa shape index (κ2) is 8.42. The molecule has 1 saturated heterocycles. The molecule has 8 N–H and O–H groups in total. The highest BCUT2D eigenvalue weighted by molar-refractivity contribution is 5.88. The predicted octanol–water partition coefficient (Wildman–Crippen LogP) is -0.539. The molecule has 176 valence electrons. The van der Waals surface area contributed by atoms with Gasteiger partial charge in [0.05, 0.1) is 6.61 Å². The van der Waals surface area contributed by atoms with E-state index in [-0.39, 0.29) is 16.9 Å². The van der Waals surface area contributed by atoms with Gasteiger partial charge in [0.15, 0.2) is 29.7 Å². The van der Waals surface area contributed by atoms with E-state index in [1.165, 1.54) is 6.07 Å². The van der Waals surface area contributed by atoms with Crippen molar-refractivity contribution < 1.29 is 54.7 Å². The molecule has 0 bridgehead atoms. The molecule has 3 aromatic rings. The van der Waals surface area contributed by atoms with Gasteiger partial charge in [0.2, 0.25) is 11.2 Å². The monoisotopic (exact) mass is 464 g/mol. The summed E-state index contributed by atoms with van der Waals surface area (Å²) in [6.07, 6.45) is -8.46. The van der Waals surface area contributed by atoms with Crippen molar-refractivity contribution in [2.75, 3.05) is 6.61 Å². The van der Waals surface area contributed by atoms with E-state index in [1.807, 2.05) is 0 Å². The molecule has 5 atom stereocenters. The molecule has 1 aliphatic rings. The Bertz CT molecular complexity index is 1250. The smallest absolute Gasteiger partial charge is 0.239 e. The van der Waals surface area contributed by atoms with Crippen LogP contribution < -0.4 is 10.2 Å². The minimum absolute atomic E-state index is 0.0115. The summed E-state index contributed by atoms with van der Waals surface area (Å²) in [6, 6.07) is 5.34. The van der Waals surface area contributed by atoms with Gasteiger partial charge < -0.3 is 54.7 Å². The van der Waals surface area contributed by atoms with Crippen molar-refractivity contribution in [3.63, 3.8) is 0 Å². The third kappa shape index (κ3) is 3.90. The minimum Gasteiger partial charge on any atom is -0.508 e. The Morgan fingerprint density at radius 1 is 0.909 bits per heavy atom. The lowest BCUT2D eigenvalue weighted by molar-refractivity contribution is -0.282. The lowest BCUT2D eigenvalue weighted by Gasteiger charge is -2.39. The van der Waals surface area contributed by atoms with Crippen molar-refractivity contribution in [3.05, 3.63) is 40.6 Å². The zero-order chi connectivity index (χ0) is 24.0. The second-order valence-electron chi connectivity index (χ2n) is 7.44. The molecule has 0 saturated carbocycles. The molecule has 4 rings (SSSR count). The van der Waals surface area contributed by atoms with Crippen LogP contribution in [0.2, 0.25) is 0 Å². The number of rotatable bonds is 4. The zero-order valence-corrected chi connectivity index (χ0v) is 16.7. The van der Waals surface area contributed by atoms with Crippen molar-refractivity contribution in [1.29, 1.82) is 0 Å². The van der Waals surface area contributed by atoms with Crippen LogP contribution in [0.1, 0.15) is 0 Å². The number of aromatic hydroxyl groups is 4. The highest BCUT2D eigenvalue weighted by atomic mass is 16.6. The molecular weight excluding hydrogens is 444 g/mol. The number of aliphatic hydroxyl groups excluding tert-OH is 4. The summed E-state index contributed by atoms with van der Waals surface area (Å²) in [6.45, 7) is -0.740. The number of benzene rings is 2. The highest BCUT2D eigenvalue weighted by Crippen LogP contribution is 2.39. The van der Waals surface area contributed by atoms with Crippen LogP contribution in [-0.4, -0.2) is 78.2 Å². The lowest BCUT2D eigenvalue weighted by Crippen LogP contribution is -2.60. The molecule has 1 aliphatic heterocycles. The summed E-state index contributed by atoms with van der Waals surface area (Å²) >= 11 is 0. The SMILES string of the molecule is O=c1c(OC2C(O)C(O)OC(CO)C2O)c(-c2ccc(O)c(O)c2)oc2cc(O)cc(O)c12. The van der Waals surface area contributed by atoms with E-state index in [9.17, 15) is 45.6 Å². The van der Waals surface area contributed by atoms with E-state index in [2.05, 4.69) is 0 Å². The number of phenolic OH excluding ortho intramolecular Hbond substituents is 4. The van der Waals surface area contributed by atoms with E-state index in [0.717, 1.165) is 24.3 Å². The largest absolute Gasteiger partial charge is 0.508 e. The van der Waals surface area contributed by atoms with Crippen LogP contribution >= 0.6 is 0 Å². The van der Waals surface area contributed by atoms with Crippen molar-refractivity contribution in [3.8, 4) is 40.1 Å². The van der Waals surface area contributed by atoms with Gasteiger partial charge >= 0.3 is 0 Å². The minimum atomic E-state index is -1.87. The summed E-state index contributed by atoms with van der Waals surface area (Å²) in [5.74, 6) is -3.09. The van der Waals surface area contributed by atoms with Crippen LogP contribution in [0.4, 0.5) is 0 Å². The van der Waals surface area contributed by atoms with E-state index >= 15 is 0 Å². The summed E-state index contributed by atoms with van der Waals surface area (Å²) in [4.78, 5) is 13.3. The summed E-state index contributed by atoms with van der Waals surface area (Å²) < 4.78 is 16.2. The topological polar surface area (TPSA) is 211 Å². The van der Waals surface area contributed by atoms with Crippen LogP contribution in [0.5, 0.6) is 28.7 Å². The van der Waals surface area contributed by atoms with Crippen LogP contribution in [0.15, 0.2) is 39.5 Å². The second-order valence-corrected chi connectivity index (χ2v) is 7.44. The number of ether oxygens (including phenoxy) is 2. The normalized spacial score (nSPS) is 25.3. The third-order valence-electron chi connectivity index (χ3n) is 5.25. The van der Waals surface area contributed by atoms with Gasteiger partial charge in [-0.05, 0) is 18.2 Å². The van der Waals surface area contributed by atoms with Crippen LogP contribution in [0.3, 0.4) is 0 Å². The molecule has 0 amide bonds. The summed E-state index contributed by atoms with van der Waals surface area (Å²) in [5, 5.41) is 79.1. The number of aliphatic hydroxyl groups is 4. The van der Waals surface area contributed by atoms with Gasteiger partial charge in [0.1, 0.15) is 40.8 Å². The van der Waals surface area contributed by atoms with Gasteiger partial charge in [-0.1, -0.05) is 0 Å². The van der Waals surface area contributed by atoms with Crippen LogP contribution in [-0.2, 0) is 4.74 Å². The van der Waals surface area contributed by atoms with Gasteiger partial charge in [-0.3, -0.25) is 4.79 Å². The maximum atomic E-state index is 13.3. The Kier molecular flexibility index (Phi) is 5.78. The standard InChI is InChI=1S/C21H20O12/c22-6-13-15(27)19(17(29)21(30)32-13)33-20-16(28)14-11(26)4-8(23)5-12(14)31-18(20)7-1-2-9(24)10(25)3-7/h1-5,13,15,17,19,21-27,29-30H,6H2. The first-order chi connectivity index (χ1) is 15.6. The molecule has 12 nitrogen and oxygen atoms in total. The van der Waals surface area contributed by atoms with Crippen LogP contribution in [0.25, 0.3) is 22.3 Å². The summed E-state index contributed by atoms with van der Waals surface area (Å²) in [5.41, 5.74) is -1.22. The Morgan fingerprint density at radius 3 is 2.30 bits per heavy atom. The lowest BCUT2D eigenvalue weighted by atomic mass is 9.98. The molecule has 0 radical (unpaired) electrons. The Balaban J connectivity index is 1.94. The first-order valence-electron chi connectivity index (χ1n) is 9.64. The van der Waals surface area contributed by atoms with Gasteiger partial charge in [0, 0.05) is 17.7 Å². The van der Waals surface area contributed by atoms with E-state index in [1.54, 1.807) is 0 Å². The maximum absolute atomic E-state index is 13.3. The molecule has 1 aromatic heterocycles. The quantitative estimate of drug-likeness (QED) is 0.229. The Morgan fingerprint density at radius 2 is 1.64 bits per heavy atom. The fraction of sp³-hybridized carbons (Fsp3) is 0.286. The van der Waals surface area contributed by atoms with E-state index in [4.69, 9.17) is 13.9 Å². The first-order valence-corrected chi connectivity index (χ1v) is 9.64. The zero-order valence-electron chi connectivity index (χ0n) is 16.7. The van der Waals surface area contributed by atoms with Gasteiger partial charge in [-0.25, -0.2) is 0 Å². The van der Waals surface area contributed by atoms with Gasteiger partial charge in [0.25, 0.3) is 0 Å². The number of hydrogen-bond donors (Lipinski definition) is 8. The average Bonchev–Trinajstić information content (AvgIpc) is 2.76. The third-order valence-corrected chi connectivity index (χ3v) is 5.25. The van der Waals surface area contributed by atoms with E-state index < -0.39 is 76.9 Å². The first kappa shape index (κ1) is 22.6. The molecule has 5 unspecified atom stereocenters. The average molecular weight is 464 g/mol. The van der Waals surface area contributed by atoms with Crippen LogP contribution in [0, 0.1) is 0 Å². The molecule has 2 aromatic carbocycles. The summed E-state index contributed by atoms with van der Waals surface area (Å²) in [7, 11) is 0. The molecule has 0 spiro atoms. The highest BCUT2D eigenvalue weighted by Gasteiger charge is 2.46. The fourth-order valence-corrected chi connectivity index (χ4v) is 3.57. The molecule has 0 aliphatic carbocycles. The Hall–Kier alpha value is -3.55. The number of hydrogen-bond acceptors (Lipinski definition) is 12. The van der Waals surface area contributed by atoms with Crippen molar-refractivity contribution in [2.45, 2.75) is 30.7 Å². The molecular formula is C21H20O12. The molecule has 33 heavy (non-hydrogen) atoms. The number of fused-ring (bicyclic) bond motifs is 1. The van der Waals surface area contributed by atoms with Crippen molar-refractivity contribution in [1.82, 2.24) is 0 Å². The molecule has 12 heteroatoms. The molecule has 1 fully saturated rings. The van der Waals surface area contributed by atoms with Gasteiger partial charge in [-0.2, -0.15) is 0 Å². The number of phenols is 4. The molecule has 2 heterocycles. The van der Waals surface area contributed by atoms with E-state index in [0.29, 0.717) is 0 Å².